The van der Waals surface area contributed by atoms with E-state index >= 15 is 0 Å². The van der Waals surface area contributed by atoms with Crippen molar-refractivity contribution >= 4 is 11.9 Å². The van der Waals surface area contributed by atoms with Crippen molar-refractivity contribution in [2.75, 3.05) is 0 Å². The van der Waals surface area contributed by atoms with E-state index in [9.17, 15) is 10.1 Å². The van der Waals surface area contributed by atoms with E-state index in [1.165, 1.54) is 5.43 Å². The molecule has 0 fully saturated rings. The Kier molecular flexibility index (Phi) is 2.62. The maximum atomic E-state index is 9.61. The SMILES string of the molecule is N=C(N)/N=C(\N)N[N+](=O)[O-]. The molecule has 10 heavy (non-hydrogen) atoms. The Morgan fingerprint density at radius 2 is 2.20 bits per heavy atom. The van der Waals surface area contributed by atoms with Gasteiger partial charge in [-0.3, -0.25) is 5.41 Å². The van der Waals surface area contributed by atoms with E-state index in [0.29, 0.717) is 0 Å². The minimum absolute atomic E-state index is 0.516. The van der Waals surface area contributed by atoms with Crippen LogP contribution in [-0.2, 0) is 0 Å². The summed E-state index contributed by atoms with van der Waals surface area (Å²) >= 11 is 0. The van der Waals surface area contributed by atoms with Crippen LogP contribution in [0.15, 0.2) is 4.99 Å². The quantitative estimate of drug-likeness (QED) is 0.146. The first-order chi connectivity index (χ1) is 4.52. The van der Waals surface area contributed by atoms with Gasteiger partial charge in [0.2, 0.25) is 5.96 Å². The summed E-state index contributed by atoms with van der Waals surface area (Å²) in [6.45, 7) is 0. The molecule has 0 spiro atoms. The normalized spacial score (nSPS) is 10.6. The van der Waals surface area contributed by atoms with E-state index in [1.807, 2.05) is 0 Å². The summed E-state index contributed by atoms with van der Waals surface area (Å²) in [7, 11) is 0. The summed E-state index contributed by atoms with van der Waals surface area (Å²) in [5, 5.41) is 15.2. The molecular weight excluding hydrogens is 140 g/mol. The van der Waals surface area contributed by atoms with Gasteiger partial charge in [0, 0.05) is 0 Å². The topological polar surface area (TPSA) is 143 Å². The smallest absolute Gasteiger partial charge is 0.259 e. The molecule has 0 radical (unpaired) electrons. The zero-order valence-corrected chi connectivity index (χ0v) is 4.87. The Morgan fingerprint density at radius 3 is 2.50 bits per heavy atom. The van der Waals surface area contributed by atoms with E-state index < -0.39 is 17.0 Å². The fraction of sp³-hybridized carbons (Fsp3) is 0. The van der Waals surface area contributed by atoms with Crippen molar-refractivity contribution in [1.82, 2.24) is 5.43 Å². The van der Waals surface area contributed by atoms with Crippen molar-refractivity contribution in [3.8, 4) is 0 Å². The van der Waals surface area contributed by atoms with Gasteiger partial charge in [-0.05, 0) is 0 Å². The van der Waals surface area contributed by atoms with Crippen LogP contribution in [0.5, 0.6) is 0 Å². The number of nitro groups is 1. The van der Waals surface area contributed by atoms with Gasteiger partial charge >= 0.3 is 0 Å². The number of nitrogens with zero attached hydrogens (tertiary/aromatic N) is 2. The minimum Gasteiger partial charge on any atom is -0.368 e. The number of aliphatic imine (C=N–C) groups is 1. The number of nitrogens with one attached hydrogen (secondary N) is 2. The van der Waals surface area contributed by atoms with E-state index in [1.54, 1.807) is 0 Å². The summed E-state index contributed by atoms with van der Waals surface area (Å²) in [4.78, 5) is 12.6. The van der Waals surface area contributed by atoms with Crippen molar-refractivity contribution in [1.29, 1.82) is 5.41 Å². The summed E-state index contributed by atoms with van der Waals surface area (Å²) < 4.78 is 0. The lowest BCUT2D eigenvalue weighted by Crippen LogP contribution is -2.37. The van der Waals surface area contributed by atoms with Gasteiger partial charge in [0.15, 0.2) is 5.03 Å². The highest BCUT2D eigenvalue weighted by Gasteiger charge is 1.97. The van der Waals surface area contributed by atoms with Gasteiger partial charge in [-0.1, -0.05) is 5.43 Å². The molecule has 0 aliphatic heterocycles. The van der Waals surface area contributed by atoms with Crippen LogP contribution in [0.2, 0.25) is 0 Å². The summed E-state index contributed by atoms with van der Waals surface area (Å²) in [6.07, 6.45) is 0. The molecule has 0 saturated carbocycles. The first-order valence-electron chi connectivity index (χ1n) is 2.11. The first-order valence-corrected chi connectivity index (χ1v) is 2.11. The van der Waals surface area contributed by atoms with Crippen LogP contribution in [-0.4, -0.2) is 17.0 Å². The van der Waals surface area contributed by atoms with Gasteiger partial charge in [0.1, 0.15) is 0 Å². The molecule has 0 amide bonds. The van der Waals surface area contributed by atoms with Gasteiger partial charge < -0.3 is 11.5 Å². The highest BCUT2D eigenvalue weighted by atomic mass is 16.7. The van der Waals surface area contributed by atoms with Crippen LogP contribution in [0, 0.1) is 15.5 Å². The zero-order chi connectivity index (χ0) is 8.15. The molecule has 0 heterocycles. The maximum Gasteiger partial charge on any atom is 0.259 e. The van der Waals surface area contributed by atoms with E-state index in [0.717, 1.165) is 0 Å². The molecule has 0 atom stereocenters. The predicted octanol–water partition coefficient (Wildman–Crippen LogP) is -2.02. The van der Waals surface area contributed by atoms with Crippen LogP contribution in [0.3, 0.4) is 0 Å². The molecule has 0 aromatic heterocycles. The largest absolute Gasteiger partial charge is 0.368 e. The van der Waals surface area contributed by atoms with Crippen LogP contribution in [0.25, 0.3) is 0 Å². The molecule has 0 saturated heterocycles. The molecule has 56 valence electrons. The second-order valence-electron chi connectivity index (χ2n) is 1.25. The van der Waals surface area contributed by atoms with Gasteiger partial charge in [-0.2, -0.15) is 4.99 Å². The van der Waals surface area contributed by atoms with Crippen LogP contribution >= 0.6 is 0 Å². The minimum atomic E-state index is -0.901. The number of hydrogen-bond donors (Lipinski definition) is 4. The lowest BCUT2D eigenvalue weighted by molar-refractivity contribution is -0.525. The third-order valence-corrected chi connectivity index (χ3v) is 0.447. The summed E-state index contributed by atoms with van der Waals surface area (Å²) in [6, 6.07) is 0. The standard InChI is InChI=1S/C2H6N6O2/c3-1(4)6-2(5)7-8(9)10/h(H6,3,4,5,6,7). The lowest BCUT2D eigenvalue weighted by Gasteiger charge is -1.92. The number of hydrazine groups is 1. The average molecular weight is 146 g/mol. The van der Waals surface area contributed by atoms with Crippen molar-refractivity contribution in [2.45, 2.75) is 0 Å². The van der Waals surface area contributed by atoms with Crippen LogP contribution < -0.4 is 16.9 Å². The van der Waals surface area contributed by atoms with E-state index in [-0.39, 0.29) is 0 Å². The molecule has 6 N–H and O–H groups in total. The van der Waals surface area contributed by atoms with Gasteiger partial charge in [0.05, 0.1) is 0 Å². The second kappa shape index (κ2) is 3.22. The molecule has 0 aromatic carbocycles. The Morgan fingerprint density at radius 1 is 1.70 bits per heavy atom. The lowest BCUT2D eigenvalue weighted by atomic mass is 10.9. The second-order valence-corrected chi connectivity index (χ2v) is 1.25. The van der Waals surface area contributed by atoms with Crippen molar-refractivity contribution < 1.29 is 5.03 Å². The number of guanidine groups is 2. The van der Waals surface area contributed by atoms with Gasteiger partial charge in [-0.25, -0.2) is 10.1 Å². The van der Waals surface area contributed by atoms with Crippen molar-refractivity contribution in [3.05, 3.63) is 10.1 Å². The Balaban J connectivity index is 3.95. The number of nitrogens with two attached hydrogens (primary N) is 2. The highest BCUT2D eigenvalue weighted by Crippen LogP contribution is 1.64. The van der Waals surface area contributed by atoms with Crippen molar-refractivity contribution in [3.63, 3.8) is 0 Å². The fourth-order valence-electron chi connectivity index (χ4n) is 0.248. The summed E-state index contributed by atoms with van der Waals surface area (Å²) in [5.74, 6) is -1.11. The molecule has 0 unspecified atom stereocenters. The summed E-state index contributed by atoms with van der Waals surface area (Å²) in [5.41, 5.74) is 11.1. The van der Waals surface area contributed by atoms with Crippen molar-refractivity contribution in [2.24, 2.45) is 16.5 Å². The molecule has 0 aromatic rings. The molecule has 0 bridgehead atoms. The molecule has 0 aliphatic rings. The third kappa shape index (κ3) is 4.30. The Hall–Kier alpha value is -1.86. The van der Waals surface area contributed by atoms with Gasteiger partial charge in [0.25, 0.3) is 5.96 Å². The van der Waals surface area contributed by atoms with Crippen LogP contribution in [0.1, 0.15) is 0 Å². The Bertz CT molecular complexity index is 184. The van der Waals surface area contributed by atoms with E-state index in [4.69, 9.17) is 16.9 Å². The molecule has 8 heteroatoms. The number of hydrogen-bond acceptors (Lipinski definition) is 3. The predicted molar refractivity (Wildman–Crippen MR) is 33.7 cm³/mol. The third-order valence-electron chi connectivity index (χ3n) is 0.447. The molecule has 0 aliphatic carbocycles. The van der Waals surface area contributed by atoms with E-state index in [2.05, 4.69) is 4.99 Å². The van der Waals surface area contributed by atoms with Gasteiger partial charge in [-0.15, -0.1) is 0 Å². The number of rotatable bonds is 1. The maximum absolute atomic E-state index is 9.61. The first kappa shape index (κ1) is 8.14. The van der Waals surface area contributed by atoms with Crippen LogP contribution in [0.4, 0.5) is 0 Å². The fourth-order valence-corrected chi connectivity index (χ4v) is 0.248. The highest BCUT2D eigenvalue weighted by molar-refractivity contribution is 5.91. The average Bonchev–Trinajstić information content (AvgIpc) is 1.58. The Labute approximate surface area is 55.5 Å². The zero-order valence-electron chi connectivity index (χ0n) is 4.87. The molecule has 0 rings (SSSR count). The monoisotopic (exact) mass is 146 g/mol. The molecule has 8 nitrogen and oxygen atoms in total. The molecular formula is C2H6N6O2.